The van der Waals surface area contributed by atoms with Crippen LogP contribution in [0.2, 0.25) is 0 Å². The molecule has 96 valence electrons. The maximum absolute atomic E-state index is 11.2. The van der Waals surface area contributed by atoms with Crippen molar-refractivity contribution in [3.63, 3.8) is 0 Å². The van der Waals surface area contributed by atoms with Crippen molar-refractivity contribution < 1.29 is 29.0 Å². The second-order valence-electron chi connectivity index (χ2n) is 3.66. The molecule has 0 atom stereocenters. The van der Waals surface area contributed by atoms with Crippen molar-refractivity contribution in [1.29, 1.82) is 0 Å². The zero-order valence-corrected chi connectivity index (χ0v) is 9.49. The lowest BCUT2D eigenvalue weighted by atomic mass is 9.99. The smallest absolute Gasteiger partial charge is 0.337 e. The van der Waals surface area contributed by atoms with E-state index in [-0.39, 0.29) is 28.2 Å². The lowest BCUT2D eigenvalue weighted by Gasteiger charge is -2.06. The van der Waals surface area contributed by atoms with Crippen LogP contribution >= 0.6 is 0 Å². The lowest BCUT2D eigenvalue weighted by Crippen LogP contribution is -2.09. The second kappa shape index (κ2) is 4.77. The highest BCUT2D eigenvalue weighted by atomic mass is 16.4. The average Bonchev–Trinajstić information content (AvgIpc) is 2.86. The molecule has 1 aromatic carbocycles. The summed E-state index contributed by atoms with van der Waals surface area (Å²) in [7, 11) is 0. The highest BCUT2D eigenvalue weighted by Crippen LogP contribution is 2.28. The van der Waals surface area contributed by atoms with E-state index < -0.39 is 11.9 Å². The first kappa shape index (κ1) is 12.6. The summed E-state index contributed by atoms with van der Waals surface area (Å²) in [5, 5.41) is 18.1. The zero-order valence-electron chi connectivity index (χ0n) is 9.49. The number of hydrogen-bond donors (Lipinski definition) is 2. The maximum Gasteiger partial charge on any atom is 0.337 e. The highest BCUT2D eigenvalue weighted by Gasteiger charge is 2.22. The summed E-state index contributed by atoms with van der Waals surface area (Å²) in [5.74, 6) is -2.56. The molecule has 0 spiro atoms. The molecule has 0 radical (unpaired) electrons. The molecule has 0 aliphatic heterocycles. The van der Waals surface area contributed by atoms with Crippen LogP contribution in [0.1, 0.15) is 31.3 Å². The number of carbonyl (C=O) groups excluding carboxylic acids is 1. The molecule has 0 fully saturated rings. The van der Waals surface area contributed by atoms with Gasteiger partial charge in [-0.05, 0) is 18.2 Å². The van der Waals surface area contributed by atoms with Gasteiger partial charge >= 0.3 is 11.9 Å². The van der Waals surface area contributed by atoms with Crippen LogP contribution in [0.4, 0.5) is 0 Å². The predicted molar refractivity (Wildman–Crippen MR) is 63.5 cm³/mol. The third kappa shape index (κ3) is 2.23. The van der Waals surface area contributed by atoms with E-state index in [2.05, 4.69) is 0 Å². The van der Waals surface area contributed by atoms with Crippen LogP contribution in [0.3, 0.4) is 0 Å². The summed E-state index contributed by atoms with van der Waals surface area (Å²) in [4.78, 5) is 32.8. The van der Waals surface area contributed by atoms with Gasteiger partial charge in [0.25, 0.3) is 0 Å². The summed E-state index contributed by atoms with van der Waals surface area (Å²) in [6.07, 6.45) is 0.477. The topological polar surface area (TPSA) is 105 Å². The highest BCUT2D eigenvalue weighted by molar-refractivity contribution is 6.06. The number of furan rings is 1. The van der Waals surface area contributed by atoms with Crippen molar-refractivity contribution in [2.24, 2.45) is 0 Å². The zero-order chi connectivity index (χ0) is 14.0. The van der Waals surface area contributed by atoms with Gasteiger partial charge in [0.1, 0.15) is 5.76 Å². The molecule has 6 nitrogen and oxygen atoms in total. The molecule has 6 heteroatoms. The van der Waals surface area contributed by atoms with E-state index in [0.29, 0.717) is 6.29 Å². The quantitative estimate of drug-likeness (QED) is 0.816. The summed E-state index contributed by atoms with van der Waals surface area (Å²) in [6.45, 7) is 0. The van der Waals surface area contributed by atoms with Gasteiger partial charge in [-0.2, -0.15) is 0 Å². The summed E-state index contributed by atoms with van der Waals surface area (Å²) in [6, 6.07) is 6.81. The number of carboxylic acids is 2. The Bertz CT molecular complexity index is 668. The van der Waals surface area contributed by atoms with Crippen LogP contribution in [0, 0.1) is 0 Å². The molecule has 2 aromatic rings. The molecule has 0 amide bonds. The molecule has 1 heterocycles. The summed E-state index contributed by atoms with van der Waals surface area (Å²) >= 11 is 0. The minimum Gasteiger partial charge on any atom is -0.478 e. The van der Waals surface area contributed by atoms with Crippen LogP contribution in [0.5, 0.6) is 0 Å². The molecule has 1 aromatic heterocycles. The maximum atomic E-state index is 11.2. The van der Waals surface area contributed by atoms with E-state index in [9.17, 15) is 14.4 Å². The van der Waals surface area contributed by atoms with Crippen molar-refractivity contribution in [3.05, 3.63) is 47.2 Å². The Hall–Kier alpha value is -2.89. The van der Waals surface area contributed by atoms with Crippen molar-refractivity contribution >= 4 is 18.2 Å². The first-order valence-corrected chi connectivity index (χ1v) is 5.19. The predicted octanol–water partition coefficient (Wildman–Crippen LogP) is 2.16. The van der Waals surface area contributed by atoms with E-state index in [0.717, 1.165) is 0 Å². The van der Waals surface area contributed by atoms with Gasteiger partial charge in [-0.3, -0.25) is 4.79 Å². The van der Waals surface area contributed by atoms with Crippen LogP contribution in [-0.4, -0.2) is 28.4 Å². The molecular formula is C13H8O6. The fourth-order valence-corrected chi connectivity index (χ4v) is 1.73. The van der Waals surface area contributed by atoms with E-state index >= 15 is 0 Å². The van der Waals surface area contributed by atoms with Gasteiger partial charge in [-0.25, -0.2) is 9.59 Å². The minimum atomic E-state index is -1.38. The third-order valence-corrected chi connectivity index (χ3v) is 2.52. The average molecular weight is 260 g/mol. The fraction of sp³-hybridized carbons (Fsp3) is 0. The van der Waals surface area contributed by atoms with Gasteiger partial charge in [0.15, 0.2) is 12.0 Å². The Labute approximate surface area is 106 Å². The first-order valence-electron chi connectivity index (χ1n) is 5.19. The van der Waals surface area contributed by atoms with Crippen molar-refractivity contribution in [2.45, 2.75) is 0 Å². The Balaban J connectivity index is 2.69. The Kier molecular flexibility index (Phi) is 3.15. The molecule has 0 saturated carbocycles. The Morgan fingerprint density at radius 1 is 1.05 bits per heavy atom. The lowest BCUT2D eigenvalue weighted by molar-refractivity contribution is 0.0652. The third-order valence-electron chi connectivity index (χ3n) is 2.52. The van der Waals surface area contributed by atoms with Crippen LogP contribution < -0.4 is 0 Å². The van der Waals surface area contributed by atoms with Crippen LogP contribution in [0.15, 0.2) is 34.7 Å². The molecule has 0 unspecified atom stereocenters. The number of carboxylic acid groups (broad SMARTS) is 2. The van der Waals surface area contributed by atoms with Gasteiger partial charge in [0.2, 0.25) is 0 Å². The minimum absolute atomic E-state index is 0.0343. The van der Waals surface area contributed by atoms with Crippen molar-refractivity contribution in [3.8, 4) is 11.3 Å². The van der Waals surface area contributed by atoms with Gasteiger partial charge in [-0.15, -0.1) is 0 Å². The van der Waals surface area contributed by atoms with Crippen LogP contribution in [-0.2, 0) is 0 Å². The van der Waals surface area contributed by atoms with E-state index in [1.807, 2.05) is 0 Å². The van der Waals surface area contributed by atoms with Gasteiger partial charge in [-0.1, -0.05) is 12.1 Å². The number of benzene rings is 1. The largest absolute Gasteiger partial charge is 0.478 e. The SMILES string of the molecule is O=Cc1ccc(-c2cccc(C(=O)O)c2C(=O)O)o1. The molecule has 2 rings (SSSR count). The monoisotopic (exact) mass is 260 g/mol. The summed E-state index contributed by atoms with van der Waals surface area (Å²) < 4.78 is 5.12. The van der Waals surface area contributed by atoms with E-state index in [4.69, 9.17) is 14.6 Å². The number of rotatable bonds is 4. The Morgan fingerprint density at radius 2 is 1.79 bits per heavy atom. The molecular weight excluding hydrogens is 252 g/mol. The van der Waals surface area contributed by atoms with Crippen molar-refractivity contribution in [1.82, 2.24) is 0 Å². The van der Waals surface area contributed by atoms with Gasteiger partial charge in [0, 0.05) is 5.56 Å². The molecule has 0 aliphatic carbocycles. The van der Waals surface area contributed by atoms with Gasteiger partial charge in [0.05, 0.1) is 11.1 Å². The number of aromatic carboxylic acids is 2. The molecule has 0 saturated heterocycles. The van der Waals surface area contributed by atoms with Crippen molar-refractivity contribution in [2.75, 3.05) is 0 Å². The molecule has 2 N–H and O–H groups in total. The van der Waals surface area contributed by atoms with E-state index in [1.54, 1.807) is 0 Å². The van der Waals surface area contributed by atoms with Crippen LogP contribution in [0.25, 0.3) is 11.3 Å². The Morgan fingerprint density at radius 3 is 2.32 bits per heavy atom. The number of hydrogen-bond acceptors (Lipinski definition) is 4. The first-order chi connectivity index (χ1) is 9.04. The molecule has 19 heavy (non-hydrogen) atoms. The number of aldehydes is 1. The van der Waals surface area contributed by atoms with E-state index in [1.165, 1.54) is 30.3 Å². The second-order valence-corrected chi connectivity index (χ2v) is 3.66. The standard InChI is InChI=1S/C13H8O6/c14-6-7-4-5-10(19-7)8-2-1-3-9(12(15)16)11(8)13(17)18/h1-6H,(H,15,16)(H,17,18). The summed E-state index contributed by atoms with van der Waals surface area (Å²) in [5.41, 5.74) is -0.601. The fourth-order valence-electron chi connectivity index (χ4n) is 1.73. The normalized spacial score (nSPS) is 10.1. The number of carbonyl (C=O) groups is 3. The molecule has 0 aliphatic rings. The molecule has 0 bridgehead atoms. The van der Waals surface area contributed by atoms with Gasteiger partial charge < -0.3 is 14.6 Å².